The Kier molecular flexibility index (Phi) is 5.62. The van der Waals surface area contributed by atoms with Crippen molar-refractivity contribution in [3.05, 3.63) is 57.9 Å². The van der Waals surface area contributed by atoms with Gasteiger partial charge in [0.2, 0.25) is 0 Å². The first kappa shape index (κ1) is 19.9. The lowest BCUT2D eigenvalue weighted by molar-refractivity contribution is 0.376. The van der Waals surface area contributed by atoms with Gasteiger partial charge in [-0.1, -0.05) is 25.4 Å². The predicted octanol–water partition coefficient (Wildman–Crippen LogP) is 7.04. The van der Waals surface area contributed by atoms with Gasteiger partial charge < -0.3 is 4.90 Å². The van der Waals surface area contributed by atoms with Gasteiger partial charge in [0.15, 0.2) is 0 Å². The van der Waals surface area contributed by atoms with Crippen LogP contribution in [0.5, 0.6) is 0 Å². The molecule has 0 aliphatic carbocycles. The second-order valence-corrected chi connectivity index (χ2v) is 8.60. The van der Waals surface area contributed by atoms with Crippen molar-refractivity contribution in [2.24, 2.45) is 4.99 Å². The molecule has 27 heavy (non-hydrogen) atoms. The smallest absolute Gasteiger partial charge is 0.126 e. The Hall–Kier alpha value is -1.87. The van der Waals surface area contributed by atoms with E-state index in [0.29, 0.717) is 16.5 Å². The molecule has 0 saturated carbocycles. The first-order valence-electron chi connectivity index (χ1n) is 9.64. The Bertz CT molecular complexity index is 873. The number of rotatable bonds is 4. The van der Waals surface area contributed by atoms with Gasteiger partial charge in [-0.3, -0.25) is 4.99 Å². The third-order valence-electron chi connectivity index (χ3n) is 5.45. The fraction of sp³-hybridized carbons (Fsp3) is 0.435. The van der Waals surface area contributed by atoms with Crippen LogP contribution in [0, 0.1) is 12.7 Å². The quantitative estimate of drug-likeness (QED) is 0.514. The molecule has 1 aliphatic rings. The normalized spacial score (nSPS) is 18.8. The summed E-state index contributed by atoms with van der Waals surface area (Å²) >= 11 is 6.61. The van der Waals surface area contributed by atoms with Gasteiger partial charge in [-0.15, -0.1) is 0 Å². The third kappa shape index (κ3) is 4.03. The van der Waals surface area contributed by atoms with E-state index in [0.717, 1.165) is 30.6 Å². The van der Waals surface area contributed by atoms with Crippen molar-refractivity contribution < 1.29 is 4.39 Å². The second kappa shape index (κ2) is 7.63. The molecule has 1 aliphatic heterocycles. The highest BCUT2D eigenvalue weighted by atomic mass is 35.5. The molecule has 3 rings (SSSR count). The van der Waals surface area contributed by atoms with Crippen LogP contribution >= 0.6 is 11.6 Å². The maximum atomic E-state index is 13.4. The van der Waals surface area contributed by atoms with Crippen LogP contribution in [0.15, 0.2) is 35.3 Å². The molecule has 144 valence electrons. The summed E-state index contributed by atoms with van der Waals surface area (Å²) < 4.78 is 13.4. The fourth-order valence-electron chi connectivity index (χ4n) is 4.12. The van der Waals surface area contributed by atoms with E-state index in [1.165, 1.54) is 17.3 Å². The van der Waals surface area contributed by atoms with E-state index in [2.05, 4.69) is 49.7 Å². The van der Waals surface area contributed by atoms with Gasteiger partial charge in [-0.2, -0.15) is 0 Å². The van der Waals surface area contributed by atoms with Gasteiger partial charge in [0.05, 0.1) is 10.7 Å². The second-order valence-electron chi connectivity index (χ2n) is 8.19. The van der Waals surface area contributed by atoms with Crippen LogP contribution in [-0.2, 0) is 0 Å². The Balaban J connectivity index is 1.99. The highest BCUT2D eigenvalue weighted by Crippen LogP contribution is 2.45. The number of aryl methyl sites for hydroxylation is 1. The molecule has 0 spiro atoms. The van der Waals surface area contributed by atoms with Gasteiger partial charge in [-0.05, 0) is 81.0 Å². The van der Waals surface area contributed by atoms with Crippen LogP contribution in [-0.4, -0.2) is 18.3 Å². The number of hydrogen-bond donors (Lipinski definition) is 0. The van der Waals surface area contributed by atoms with E-state index in [1.54, 1.807) is 25.3 Å². The summed E-state index contributed by atoms with van der Waals surface area (Å²) in [4.78, 5) is 6.99. The molecule has 0 aromatic heterocycles. The maximum absolute atomic E-state index is 13.4. The van der Waals surface area contributed by atoms with Crippen molar-refractivity contribution in [3.63, 3.8) is 0 Å². The Morgan fingerprint density at radius 3 is 2.70 bits per heavy atom. The van der Waals surface area contributed by atoms with Crippen molar-refractivity contribution in [2.45, 2.75) is 58.9 Å². The summed E-state index contributed by atoms with van der Waals surface area (Å²) in [6, 6.07) is 9.12. The van der Waals surface area contributed by atoms with E-state index in [1.807, 2.05) is 0 Å². The summed E-state index contributed by atoms with van der Waals surface area (Å²) in [5.74, 6) is 0.244. The summed E-state index contributed by atoms with van der Waals surface area (Å²) in [6.45, 7) is 11.9. The molecule has 0 radical (unpaired) electrons. The van der Waals surface area contributed by atoms with Crippen molar-refractivity contribution in [1.29, 1.82) is 0 Å². The number of nitrogens with zero attached hydrogens (tertiary/aromatic N) is 2. The van der Waals surface area contributed by atoms with E-state index in [4.69, 9.17) is 11.6 Å². The molecule has 2 aromatic carbocycles. The van der Waals surface area contributed by atoms with Gasteiger partial charge in [-0.25, -0.2) is 4.39 Å². The highest BCUT2D eigenvalue weighted by molar-refractivity contribution is 6.33. The predicted molar refractivity (Wildman–Crippen MR) is 115 cm³/mol. The first-order valence-corrected chi connectivity index (χ1v) is 10.0. The highest BCUT2D eigenvalue weighted by Gasteiger charge is 2.36. The Labute approximate surface area is 167 Å². The molecule has 4 heteroatoms. The average molecular weight is 387 g/mol. The van der Waals surface area contributed by atoms with Crippen molar-refractivity contribution in [3.8, 4) is 0 Å². The molecule has 0 amide bonds. The van der Waals surface area contributed by atoms with Crippen molar-refractivity contribution >= 4 is 29.2 Å². The molecule has 0 bridgehead atoms. The van der Waals surface area contributed by atoms with Crippen molar-refractivity contribution in [2.75, 3.05) is 11.4 Å². The molecule has 0 saturated heterocycles. The lowest BCUT2D eigenvalue weighted by atomic mass is 9.79. The number of hydrogen-bond acceptors (Lipinski definition) is 2. The van der Waals surface area contributed by atoms with E-state index >= 15 is 0 Å². The standard InChI is InChI=1S/C23H28ClFN2/c1-6-9-27-22-12-20(24)17(11-19(22)16(3)13-23(27,4)5)14-26-18-7-8-21(25)15(2)10-18/h7-8,10-12,14,16H,6,9,13H2,1-5H3. The maximum Gasteiger partial charge on any atom is 0.126 e. The Morgan fingerprint density at radius 1 is 1.30 bits per heavy atom. The van der Waals surface area contributed by atoms with Crippen LogP contribution in [0.25, 0.3) is 0 Å². The zero-order chi connectivity index (χ0) is 19.8. The first-order chi connectivity index (χ1) is 12.7. The molecule has 1 atom stereocenters. The van der Waals surface area contributed by atoms with Gasteiger partial charge >= 0.3 is 0 Å². The molecular weight excluding hydrogens is 359 g/mol. The van der Waals surface area contributed by atoms with E-state index in [-0.39, 0.29) is 11.4 Å². The zero-order valence-electron chi connectivity index (χ0n) is 16.8. The SMILES string of the molecule is CCCN1c2cc(Cl)c(C=Nc3ccc(F)c(C)c3)cc2C(C)CC1(C)C. The Morgan fingerprint density at radius 2 is 2.04 bits per heavy atom. The lowest BCUT2D eigenvalue weighted by Gasteiger charge is -2.47. The monoisotopic (exact) mass is 386 g/mol. The summed E-state index contributed by atoms with van der Waals surface area (Å²) in [6.07, 6.45) is 3.99. The van der Waals surface area contributed by atoms with Gasteiger partial charge in [0, 0.05) is 29.5 Å². The fourth-order valence-corrected chi connectivity index (χ4v) is 4.33. The van der Waals surface area contributed by atoms with Crippen LogP contribution in [0.4, 0.5) is 15.8 Å². The number of benzene rings is 2. The molecule has 0 fully saturated rings. The minimum atomic E-state index is -0.215. The third-order valence-corrected chi connectivity index (χ3v) is 5.77. The van der Waals surface area contributed by atoms with Crippen LogP contribution in [0.1, 0.15) is 63.1 Å². The number of aliphatic imine (C=N–C) groups is 1. The molecule has 1 heterocycles. The largest absolute Gasteiger partial charge is 0.366 e. The van der Waals surface area contributed by atoms with Crippen LogP contribution < -0.4 is 4.90 Å². The van der Waals surface area contributed by atoms with E-state index < -0.39 is 0 Å². The summed E-state index contributed by atoms with van der Waals surface area (Å²) in [7, 11) is 0. The molecule has 2 aromatic rings. The molecular formula is C23H28ClFN2. The molecule has 1 unspecified atom stereocenters. The minimum Gasteiger partial charge on any atom is -0.366 e. The number of halogens is 2. The molecule has 2 nitrogen and oxygen atoms in total. The zero-order valence-corrected chi connectivity index (χ0v) is 17.6. The summed E-state index contributed by atoms with van der Waals surface area (Å²) in [5.41, 5.74) is 4.90. The van der Waals surface area contributed by atoms with Crippen LogP contribution in [0.3, 0.4) is 0 Å². The number of anilines is 1. The van der Waals surface area contributed by atoms with E-state index in [9.17, 15) is 4.39 Å². The molecule has 0 N–H and O–H groups in total. The number of fused-ring (bicyclic) bond motifs is 1. The van der Waals surface area contributed by atoms with Gasteiger partial charge in [0.25, 0.3) is 0 Å². The lowest BCUT2D eigenvalue weighted by Crippen LogP contribution is -2.48. The van der Waals surface area contributed by atoms with Crippen molar-refractivity contribution in [1.82, 2.24) is 0 Å². The minimum absolute atomic E-state index is 0.118. The van der Waals surface area contributed by atoms with Crippen LogP contribution in [0.2, 0.25) is 5.02 Å². The van der Waals surface area contributed by atoms with Gasteiger partial charge in [0.1, 0.15) is 5.82 Å². The summed E-state index contributed by atoms with van der Waals surface area (Å²) in [5, 5.41) is 0.697. The topological polar surface area (TPSA) is 15.6 Å². The average Bonchev–Trinajstić information content (AvgIpc) is 2.59.